The van der Waals surface area contributed by atoms with Gasteiger partial charge in [-0.1, -0.05) is 50.3 Å². The Morgan fingerprint density at radius 3 is 2.23 bits per heavy atom. The van der Waals surface area contributed by atoms with Crippen LogP contribution < -0.4 is 4.52 Å². The highest BCUT2D eigenvalue weighted by molar-refractivity contribution is 8.07. The lowest BCUT2D eigenvalue weighted by Crippen LogP contribution is -2.06. The van der Waals surface area contributed by atoms with Gasteiger partial charge in [-0.15, -0.1) is 0 Å². The van der Waals surface area contributed by atoms with Crippen LogP contribution in [0.4, 0.5) is 0 Å². The minimum Gasteiger partial charge on any atom is -0.406 e. The molecule has 1 aromatic heterocycles. The van der Waals surface area contributed by atoms with Crippen LogP contribution in [0.1, 0.15) is 57.6 Å². The van der Waals surface area contributed by atoms with Crippen LogP contribution in [0.3, 0.4) is 0 Å². The van der Waals surface area contributed by atoms with Crippen LogP contribution >= 0.6 is 6.72 Å². The Morgan fingerprint density at radius 1 is 1.13 bits per heavy atom. The van der Waals surface area contributed by atoms with Crippen LogP contribution in [0.25, 0.3) is 6.08 Å². The molecule has 0 aliphatic rings. The van der Waals surface area contributed by atoms with Crippen molar-refractivity contribution in [3.8, 4) is 5.88 Å². The quantitative estimate of drug-likeness (QED) is 0.349. The smallest absolute Gasteiger partial charge is 0.381 e. The number of ketones is 1. The molecule has 0 saturated carbocycles. The van der Waals surface area contributed by atoms with E-state index in [1.54, 1.807) is 19.1 Å². The molecule has 0 unspecified atom stereocenters. The SMILES string of the molecule is CC(=O)/C=C/c1ccccc1.CCOP(=S)(OCC)Oc1cc(C)nc(C(C)C)n1. The molecule has 0 N–H and O–H groups in total. The van der Waals surface area contributed by atoms with E-state index in [0.29, 0.717) is 19.1 Å². The molecule has 1 aromatic carbocycles. The molecule has 0 radical (unpaired) electrons. The van der Waals surface area contributed by atoms with Gasteiger partial charge in [0.2, 0.25) is 5.88 Å². The lowest BCUT2D eigenvalue weighted by atomic mass is 10.2. The van der Waals surface area contributed by atoms with Crippen molar-refractivity contribution in [2.24, 2.45) is 0 Å². The van der Waals surface area contributed by atoms with Crippen LogP contribution in [0.2, 0.25) is 0 Å². The lowest BCUT2D eigenvalue weighted by Gasteiger charge is -2.20. The molecule has 164 valence electrons. The normalized spacial score (nSPS) is 11.3. The maximum Gasteiger partial charge on any atom is 0.381 e. The summed E-state index contributed by atoms with van der Waals surface area (Å²) in [6.45, 7) is 9.32. The minimum atomic E-state index is -2.77. The predicted molar refractivity (Wildman–Crippen MR) is 125 cm³/mol. The van der Waals surface area contributed by atoms with Crippen molar-refractivity contribution in [2.45, 2.75) is 47.5 Å². The third kappa shape index (κ3) is 10.2. The second-order valence-corrected chi connectivity index (χ2v) is 9.52. The molecule has 0 bridgehead atoms. The highest BCUT2D eigenvalue weighted by Gasteiger charge is 2.22. The summed E-state index contributed by atoms with van der Waals surface area (Å²) in [5.41, 5.74) is 1.89. The summed E-state index contributed by atoms with van der Waals surface area (Å²) >= 11 is 5.32. The maximum atomic E-state index is 10.5. The van der Waals surface area contributed by atoms with E-state index >= 15 is 0 Å². The van der Waals surface area contributed by atoms with Crippen molar-refractivity contribution in [2.75, 3.05) is 13.2 Å². The zero-order valence-corrected chi connectivity index (χ0v) is 20.2. The second-order valence-electron chi connectivity index (χ2n) is 6.59. The van der Waals surface area contributed by atoms with E-state index in [0.717, 1.165) is 17.1 Å². The number of allylic oxidation sites excluding steroid dienone is 1. The number of carbonyl (C=O) groups excluding carboxylic acids is 1. The summed E-state index contributed by atoms with van der Waals surface area (Å²) in [4.78, 5) is 19.2. The highest BCUT2D eigenvalue weighted by Crippen LogP contribution is 2.49. The summed E-state index contributed by atoms with van der Waals surface area (Å²) in [5.74, 6) is 1.44. The van der Waals surface area contributed by atoms with E-state index in [2.05, 4.69) is 9.97 Å². The van der Waals surface area contributed by atoms with Gasteiger partial charge in [-0.05, 0) is 39.3 Å². The molecule has 1 heterocycles. The Labute approximate surface area is 185 Å². The van der Waals surface area contributed by atoms with Gasteiger partial charge in [0.15, 0.2) is 5.78 Å². The third-order valence-corrected chi connectivity index (χ3v) is 5.87. The van der Waals surface area contributed by atoms with Gasteiger partial charge in [0, 0.05) is 29.5 Å². The number of nitrogens with zero attached hydrogens (tertiary/aromatic N) is 2. The number of aromatic nitrogens is 2. The zero-order valence-electron chi connectivity index (χ0n) is 18.5. The number of rotatable bonds is 9. The number of aryl methyl sites for hydroxylation is 1. The molecule has 0 atom stereocenters. The fourth-order valence-corrected chi connectivity index (χ4v) is 4.16. The first-order valence-corrected chi connectivity index (χ1v) is 12.4. The first kappa shape index (κ1) is 26.1. The molecule has 0 aliphatic heterocycles. The summed E-state index contributed by atoms with van der Waals surface area (Å²) in [6, 6.07) is 11.5. The van der Waals surface area contributed by atoms with Crippen LogP contribution in [0, 0.1) is 6.92 Å². The average molecular weight is 451 g/mol. The number of carbonyl (C=O) groups is 1. The largest absolute Gasteiger partial charge is 0.406 e. The van der Waals surface area contributed by atoms with Crippen molar-refractivity contribution >= 4 is 30.4 Å². The molecule has 6 nitrogen and oxygen atoms in total. The Kier molecular flexibility index (Phi) is 11.7. The molecule has 2 aromatic rings. The van der Waals surface area contributed by atoms with Crippen LogP contribution in [0.5, 0.6) is 5.88 Å². The second kappa shape index (κ2) is 13.4. The van der Waals surface area contributed by atoms with Crippen molar-refractivity contribution in [3.05, 3.63) is 59.6 Å². The molecular weight excluding hydrogens is 419 g/mol. The molecule has 0 fully saturated rings. The summed E-state index contributed by atoms with van der Waals surface area (Å²) in [7, 11) is 0. The Bertz CT molecular complexity index is 863. The topological polar surface area (TPSA) is 70.5 Å². The van der Waals surface area contributed by atoms with Crippen LogP contribution in [-0.2, 0) is 25.6 Å². The Hall–Kier alpha value is -1.92. The summed E-state index contributed by atoms with van der Waals surface area (Å²) in [5, 5.41) is 0. The molecular formula is C22H31N2O4PS. The van der Waals surface area contributed by atoms with E-state index in [9.17, 15) is 4.79 Å². The van der Waals surface area contributed by atoms with Crippen LogP contribution in [-0.4, -0.2) is 29.0 Å². The number of benzene rings is 1. The van der Waals surface area contributed by atoms with Gasteiger partial charge < -0.3 is 4.52 Å². The van der Waals surface area contributed by atoms with Crippen LogP contribution in [0.15, 0.2) is 42.5 Å². The lowest BCUT2D eigenvalue weighted by molar-refractivity contribution is -0.112. The van der Waals surface area contributed by atoms with Gasteiger partial charge in [-0.25, -0.2) is 4.98 Å². The van der Waals surface area contributed by atoms with Gasteiger partial charge in [0.25, 0.3) is 0 Å². The number of hydrogen-bond acceptors (Lipinski definition) is 7. The van der Waals surface area contributed by atoms with Gasteiger partial charge in [-0.2, -0.15) is 4.98 Å². The van der Waals surface area contributed by atoms with E-state index in [4.69, 9.17) is 25.4 Å². The minimum absolute atomic E-state index is 0.0776. The van der Waals surface area contributed by atoms with Gasteiger partial charge in [0.05, 0.1) is 13.2 Å². The van der Waals surface area contributed by atoms with E-state index < -0.39 is 6.72 Å². The van der Waals surface area contributed by atoms with Crippen molar-refractivity contribution in [3.63, 3.8) is 0 Å². The molecule has 30 heavy (non-hydrogen) atoms. The predicted octanol–water partition coefficient (Wildman–Crippen LogP) is 5.87. The van der Waals surface area contributed by atoms with Gasteiger partial charge >= 0.3 is 6.72 Å². The molecule has 0 aliphatic carbocycles. The first-order chi connectivity index (χ1) is 14.2. The van der Waals surface area contributed by atoms with E-state index in [1.807, 2.05) is 71.0 Å². The first-order valence-electron chi connectivity index (χ1n) is 9.87. The third-order valence-electron chi connectivity index (χ3n) is 3.45. The molecule has 0 saturated heterocycles. The monoisotopic (exact) mass is 450 g/mol. The fraction of sp³-hybridized carbons (Fsp3) is 0.409. The Balaban J connectivity index is 0.000000346. The molecule has 8 heteroatoms. The molecule has 2 rings (SSSR count). The van der Waals surface area contributed by atoms with E-state index in [1.165, 1.54) is 0 Å². The van der Waals surface area contributed by atoms with E-state index in [-0.39, 0.29) is 11.7 Å². The Morgan fingerprint density at radius 2 is 1.73 bits per heavy atom. The van der Waals surface area contributed by atoms with Crippen molar-refractivity contribution < 1.29 is 18.4 Å². The molecule has 0 spiro atoms. The van der Waals surface area contributed by atoms with Gasteiger partial charge in [0.1, 0.15) is 5.82 Å². The van der Waals surface area contributed by atoms with Gasteiger partial charge in [-0.3, -0.25) is 13.8 Å². The number of hydrogen-bond donors (Lipinski definition) is 0. The van der Waals surface area contributed by atoms with Crippen molar-refractivity contribution in [1.29, 1.82) is 0 Å². The summed E-state index contributed by atoms with van der Waals surface area (Å²) in [6.07, 6.45) is 3.37. The summed E-state index contributed by atoms with van der Waals surface area (Å²) < 4.78 is 16.6. The molecule has 0 amide bonds. The fourth-order valence-electron chi connectivity index (χ4n) is 2.17. The average Bonchev–Trinajstić information content (AvgIpc) is 2.67. The highest BCUT2D eigenvalue weighted by atomic mass is 32.5. The zero-order chi connectivity index (χ0) is 22.6. The standard InChI is InChI=1S/C12H21N2O3PS.C10H10O/c1-6-15-18(19,16-7-2)17-11-8-10(5)13-12(14-11)9(3)4;1-9(11)7-8-10-5-3-2-4-6-10/h8-9H,6-7H2,1-5H3;2-8H,1H3/b;8-7+. The van der Waals surface area contributed by atoms with Crippen molar-refractivity contribution in [1.82, 2.24) is 9.97 Å². The maximum absolute atomic E-state index is 10.5.